The number of benzene rings is 1. The lowest BCUT2D eigenvalue weighted by molar-refractivity contribution is 0.358. The van der Waals surface area contributed by atoms with Crippen molar-refractivity contribution < 1.29 is 0 Å². The molecule has 1 atom stereocenters. The van der Waals surface area contributed by atoms with Crippen LogP contribution >= 0.6 is 11.8 Å². The Hall–Kier alpha value is -0.470. The average molecular weight is 251 g/mol. The summed E-state index contributed by atoms with van der Waals surface area (Å²) in [6, 6.07) is 9.28. The highest BCUT2D eigenvalue weighted by Gasteiger charge is 2.11. The molecule has 0 heterocycles. The van der Waals surface area contributed by atoms with E-state index >= 15 is 0 Å². The van der Waals surface area contributed by atoms with E-state index in [2.05, 4.69) is 63.5 Å². The first kappa shape index (κ1) is 14.6. The molecule has 0 saturated carbocycles. The molecule has 17 heavy (non-hydrogen) atoms. The third kappa shape index (κ3) is 5.60. The van der Waals surface area contributed by atoms with Crippen LogP contribution in [0, 0.1) is 5.41 Å². The molecule has 0 radical (unpaired) electrons. The van der Waals surface area contributed by atoms with Crippen LogP contribution in [-0.4, -0.2) is 12.8 Å². The summed E-state index contributed by atoms with van der Waals surface area (Å²) in [6.45, 7) is 10.2. The lowest BCUT2D eigenvalue weighted by Crippen LogP contribution is -2.23. The predicted molar refractivity (Wildman–Crippen MR) is 78.7 cm³/mol. The molecule has 0 saturated heterocycles. The first-order valence-corrected chi connectivity index (χ1v) is 7.52. The Bertz CT molecular complexity index is 324. The number of nitrogens with one attached hydrogen (secondary N) is 1. The van der Waals surface area contributed by atoms with E-state index in [4.69, 9.17) is 0 Å². The molecule has 96 valence electrons. The van der Waals surface area contributed by atoms with Gasteiger partial charge in [-0.05, 0) is 49.3 Å². The molecule has 1 aromatic rings. The molecule has 2 heteroatoms. The zero-order valence-corrected chi connectivity index (χ0v) is 12.5. The third-order valence-corrected chi connectivity index (χ3v) is 3.68. The van der Waals surface area contributed by atoms with E-state index in [0.29, 0.717) is 11.5 Å². The molecule has 0 aromatic heterocycles. The molecule has 1 unspecified atom stereocenters. The summed E-state index contributed by atoms with van der Waals surface area (Å²) in [5.74, 6) is 0. The van der Waals surface area contributed by atoms with Gasteiger partial charge >= 0.3 is 0 Å². The number of hydrogen-bond donors (Lipinski definition) is 1. The van der Waals surface area contributed by atoms with Crippen molar-refractivity contribution in [1.29, 1.82) is 0 Å². The van der Waals surface area contributed by atoms with Crippen LogP contribution < -0.4 is 5.32 Å². The van der Waals surface area contributed by atoms with Gasteiger partial charge in [-0.1, -0.05) is 32.9 Å². The van der Waals surface area contributed by atoms with Crippen LogP contribution in [0.5, 0.6) is 0 Å². The van der Waals surface area contributed by atoms with E-state index < -0.39 is 0 Å². The van der Waals surface area contributed by atoms with Gasteiger partial charge in [-0.2, -0.15) is 0 Å². The zero-order valence-electron chi connectivity index (χ0n) is 11.7. The minimum atomic E-state index is 0.412. The van der Waals surface area contributed by atoms with Crippen LogP contribution in [0.4, 0.5) is 0 Å². The quantitative estimate of drug-likeness (QED) is 0.774. The summed E-state index contributed by atoms with van der Waals surface area (Å²) in [4.78, 5) is 1.33. The molecular formula is C15H25NS. The molecule has 0 bridgehead atoms. The zero-order chi connectivity index (χ0) is 12.9. The van der Waals surface area contributed by atoms with E-state index in [1.54, 1.807) is 11.8 Å². The van der Waals surface area contributed by atoms with Gasteiger partial charge in [0, 0.05) is 10.9 Å². The summed E-state index contributed by atoms with van der Waals surface area (Å²) in [6.07, 6.45) is 3.32. The average Bonchev–Trinajstić information content (AvgIpc) is 2.27. The molecule has 0 fully saturated rings. The fourth-order valence-corrected chi connectivity index (χ4v) is 2.08. The minimum Gasteiger partial charge on any atom is -0.310 e. The van der Waals surface area contributed by atoms with Crippen LogP contribution in [0.25, 0.3) is 0 Å². The Morgan fingerprint density at radius 1 is 1.18 bits per heavy atom. The number of rotatable bonds is 5. The second-order valence-corrected chi connectivity index (χ2v) is 6.64. The smallest absolute Gasteiger partial charge is 0.0291 e. The van der Waals surface area contributed by atoms with Gasteiger partial charge in [0.15, 0.2) is 0 Å². The molecular weight excluding hydrogens is 226 g/mol. The maximum atomic E-state index is 3.59. The number of hydrogen-bond acceptors (Lipinski definition) is 2. The Kier molecular flexibility index (Phi) is 5.54. The largest absolute Gasteiger partial charge is 0.310 e. The van der Waals surface area contributed by atoms with E-state index in [9.17, 15) is 0 Å². The van der Waals surface area contributed by atoms with Crippen LogP contribution in [0.15, 0.2) is 29.2 Å². The maximum Gasteiger partial charge on any atom is 0.0291 e. The van der Waals surface area contributed by atoms with Gasteiger partial charge in [-0.3, -0.25) is 0 Å². The van der Waals surface area contributed by atoms with Gasteiger partial charge in [0.1, 0.15) is 0 Å². The highest BCUT2D eigenvalue weighted by atomic mass is 32.2. The lowest BCUT2D eigenvalue weighted by Gasteiger charge is -2.21. The van der Waals surface area contributed by atoms with Crippen molar-refractivity contribution in [1.82, 2.24) is 5.32 Å². The van der Waals surface area contributed by atoms with E-state index in [0.717, 1.165) is 6.54 Å². The summed E-state index contributed by atoms with van der Waals surface area (Å²) in [7, 11) is 0. The van der Waals surface area contributed by atoms with Gasteiger partial charge in [0.25, 0.3) is 0 Å². The first-order chi connectivity index (χ1) is 7.92. The highest BCUT2D eigenvalue weighted by Crippen LogP contribution is 2.20. The normalized spacial score (nSPS) is 13.7. The summed E-state index contributed by atoms with van der Waals surface area (Å²) in [5.41, 5.74) is 1.78. The minimum absolute atomic E-state index is 0.412. The molecule has 1 aromatic carbocycles. The molecule has 1 rings (SSSR count). The lowest BCUT2D eigenvalue weighted by atomic mass is 9.92. The van der Waals surface area contributed by atoms with E-state index in [1.165, 1.54) is 16.9 Å². The SMILES string of the molecule is CSc1ccc(C(C)NCCC(C)(C)C)cc1. The maximum absolute atomic E-state index is 3.59. The third-order valence-electron chi connectivity index (χ3n) is 2.94. The van der Waals surface area contributed by atoms with Gasteiger partial charge < -0.3 is 5.32 Å². The Morgan fingerprint density at radius 3 is 2.24 bits per heavy atom. The van der Waals surface area contributed by atoms with Crippen molar-refractivity contribution in [3.05, 3.63) is 29.8 Å². The molecule has 0 aliphatic rings. The predicted octanol–water partition coefficient (Wildman–Crippen LogP) is 4.50. The van der Waals surface area contributed by atoms with Crippen LogP contribution in [0.3, 0.4) is 0 Å². The highest BCUT2D eigenvalue weighted by molar-refractivity contribution is 7.98. The molecule has 0 aliphatic carbocycles. The van der Waals surface area contributed by atoms with Crippen molar-refractivity contribution >= 4 is 11.8 Å². The van der Waals surface area contributed by atoms with Gasteiger partial charge in [0.05, 0.1) is 0 Å². The fourth-order valence-electron chi connectivity index (χ4n) is 1.67. The fraction of sp³-hybridized carbons (Fsp3) is 0.600. The second-order valence-electron chi connectivity index (χ2n) is 5.76. The van der Waals surface area contributed by atoms with Crippen molar-refractivity contribution in [3.8, 4) is 0 Å². The van der Waals surface area contributed by atoms with E-state index in [-0.39, 0.29) is 0 Å². The molecule has 0 aliphatic heterocycles. The standard InChI is InChI=1S/C15H25NS/c1-12(16-11-10-15(2,3)4)13-6-8-14(17-5)9-7-13/h6-9,12,16H,10-11H2,1-5H3. The summed E-state index contributed by atoms with van der Waals surface area (Å²) < 4.78 is 0. The molecule has 1 nitrogen and oxygen atoms in total. The summed E-state index contributed by atoms with van der Waals surface area (Å²) in [5, 5.41) is 3.59. The second kappa shape index (κ2) is 6.46. The molecule has 0 amide bonds. The molecule has 1 N–H and O–H groups in total. The Balaban J connectivity index is 2.43. The van der Waals surface area contributed by atoms with Crippen molar-refractivity contribution in [2.24, 2.45) is 5.41 Å². The van der Waals surface area contributed by atoms with E-state index in [1.807, 2.05) is 0 Å². The van der Waals surface area contributed by atoms with Gasteiger partial charge in [-0.25, -0.2) is 0 Å². The van der Waals surface area contributed by atoms with Crippen LogP contribution in [0.2, 0.25) is 0 Å². The van der Waals surface area contributed by atoms with Crippen molar-refractivity contribution in [3.63, 3.8) is 0 Å². The van der Waals surface area contributed by atoms with Gasteiger partial charge in [-0.15, -0.1) is 11.8 Å². The Labute approximate surface area is 110 Å². The first-order valence-electron chi connectivity index (χ1n) is 6.30. The Morgan fingerprint density at radius 2 is 1.76 bits per heavy atom. The van der Waals surface area contributed by atoms with Crippen molar-refractivity contribution in [2.75, 3.05) is 12.8 Å². The molecule has 0 spiro atoms. The van der Waals surface area contributed by atoms with Crippen molar-refractivity contribution in [2.45, 2.75) is 45.1 Å². The van der Waals surface area contributed by atoms with Crippen LogP contribution in [0.1, 0.15) is 45.7 Å². The number of thioether (sulfide) groups is 1. The topological polar surface area (TPSA) is 12.0 Å². The van der Waals surface area contributed by atoms with Crippen LogP contribution in [-0.2, 0) is 0 Å². The van der Waals surface area contributed by atoms with Gasteiger partial charge in [0.2, 0.25) is 0 Å². The summed E-state index contributed by atoms with van der Waals surface area (Å²) >= 11 is 1.79. The monoisotopic (exact) mass is 251 g/mol.